The summed E-state index contributed by atoms with van der Waals surface area (Å²) < 4.78 is 42.5. The number of pyridine rings is 1. The van der Waals surface area contributed by atoms with Crippen LogP contribution in [0.3, 0.4) is 0 Å². The lowest BCUT2D eigenvalue weighted by atomic mass is 10.2. The summed E-state index contributed by atoms with van der Waals surface area (Å²) in [6.07, 6.45) is 2.50. The largest absolute Gasteiger partial charge is 0.416 e. The number of carbonyl (C=O) groups excluding carboxylic acids is 1. The second-order valence-corrected chi connectivity index (χ2v) is 6.76. The van der Waals surface area contributed by atoms with Gasteiger partial charge in [0.15, 0.2) is 5.82 Å². The number of nitrogens with one attached hydrogen (secondary N) is 1. The SMILES string of the molecule is O=C(NCCc1ccccn1)c1cnn(-c2cccc(C(F)(F)F)c2)c1-n1cccc1. The maximum Gasteiger partial charge on any atom is 0.416 e. The summed E-state index contributed by atoms with van der Waals surface area (Å²) >= 11 is 0. The number of nitrogens with zero attached hydrogens (tertiary/aromatic N) is 4. The van der Waals surface area contributed by atoms with Crippen LogP contribution in [0.15, 0.2) is 79.4 Å². The Morgan fingerprint density at radius 3 is 2.55 bits per heavy atom. The molecule has 0 fully saturated rings. The van der Waals surface area contributed by atoms with Crippen LogP contribution in [0.2, 0.25) is 0 Å². The molecule has 3 heterocycles. The lowest BCUT2D eigenvalue weighted by Crippen LogP contribution is -2.26. The van der Waals surface area contributed by atoms with Crippen molar-refractivity contribution >= 4 is 5.91 Å². The summed E-state index contributed by atoms with van der Waals surface area (Å²) in [4.78, 5) is 17.1. The van der Waals surface area contributed by atoms with E-state index in [-0.39, 0.29) is 17.2 Å². The minimum Gasteiger partial charge on any atom is -0.351 e. The number of amides is 1. The van der Waals surface area contributed by atoms with Gasteiger partial charge < -0.3 is 9.88 Å². The Morgan fingerprint density at radius 1 is 1.03 bits per heavy atom. The van der Waals surface area contributed by atoms with E-state index in [0.29, 0.717) is 18.8 Å². The summed E-state index contributed by atoms with van der Waals surface area (Å²) in [5.41, 5.74) is 0.495. The van der Waals surface area contributed by atoms with Crippen LogP contribution >= 0.6 is 0 Å². The monoisotopic (exact) mass is 425 g/mol. The third-order valence-electron chi connectivity index (χ3n) is 4.65. The van der Waals surface area contributed by atoms with Crippen LogP contribution in [-0.2, 0) is 12.6 Å². The summed E-state index contributed by atoms with van der Waals surface area (Å²) in [6.45, 7) is 0.357. The molecular formula is C22H18F3N5O. The Hall–Kier alpha value is -3.88. The summed E-state index contributed by atoms with van der Waals surface area (Å²) in [5.74, 6) is -0.0301. The third kappa shape index (κ3) is 4.50. The van der Waals surface area contributed by atoms with Gasteiger partial charge in [0, 0.05) is 37.3 Å². The Labute approximate surface area is 176 Å². The molecule has 4 aromatic rings. The van der Waals surface area contributed by atoms with Crippen molar-refractivity contribution in [2.24, 2.45) is 0 Å². The van der Waals surface area contributed by atoms with Crippen molar-refractivity contribution in [1.29, 1.82) is 0 Å². The van der Waals surface area contributed by atoms with Crippen LogP contribution in [0.5, 0.6) is 0 Å². The van der Waals surface area contributed by atoms with Crippen LogP contribution in [0.25, 0.3) is 11.5 Å². The molecule has 3 aromatic heterocycles. The van der Waals surface area contributed by atoms with Gasteiger partial charge in [-0.25, -0.2) is 4.68 Å². The molecule has 0 unspecified atom stereocenters. The van der Waals surface area contributed by atoms with Crippen molar-refractivity contribution in [3.8, 4) is 11.5 Å². The fraction of sp³-hybridized carbons (Fsp3) is 0.136. The highest BCUT2D eigenvalue weighted by atomic mass is 19.4. The average Bonchev–Trinajstić information content (AvgIpc) is 3.43. The molecule has 0 aliphatic heterocycles. The van der Waals surface area contributed by atoms with Crippen molar-refractivity contribution in [3.05, 3.63) is 96.2 Å². The second-order valence-electron chi connectivity index (χ2n) is 6.76. The molecule has 0 radical (unpaired) electrons. The minimum absolute atomic E-state index is 0.200. The topological polar surface area (TPSA) is 64.7 Å². The number of benzene rings is 1. The molecule has 0 saturated carbocycles. The molecule has 0 saturated heterocycles. The Balaban J connectivity index is 1.64. The lowest BCUT2D eigenvalue weighted by molar-refractivity contribution is -0.137. The van der Waals surface area contributed by atoms with E-state index in [1.54, 1.807) is 35.3 Å². The molecule has 0 aliphatic carbocycles. The summed E-state index contributed by atoms with van der Waals surface area (Å²) in [6, 6.07) is 13.9. The second kappa shape index (κ2) is 8.47. The van der Waals surface area contributed by atoms with Crippen molar-refractivity contribution in [3.63, 3.8) is 0 Å². The molecule has 0 atom stereocenters. The highest BCUT2D eigenvalue weighted by Gasteiger charge is 2.31. The van der Waals surface area contributed by atoms with E-state index in [1.807, 2.05) is 18.2 Å². The number of alkyl halides is 3. The van der Waals surface area contributed by atoms with Gasteiger partial charge in [-0.1, -0.05) is 12.1 Å². The number of halogens is 3. The highest BCUT2D eigenvalue weighted by Crippen LogP contribution is 2.31. The fourth-order valence-electron chi connectivity index (χ4n) is 3.17. The standard InChI is InChI=1S/C22H18F3N5O/c23-22(24,25)16-6-5-8-18(14-16)30-21(29-12-3-4-13-29)19(15-28-30)20(31)27-11-9-17-7-1-2-10-26-17/h1-8,10,12-15H,9,11H2,(H,27,31). The number of hydrogen-bond donors (Lipinski definition) is 1. The van der Waals surface area contributed by atoms with Gasteiger partial charge >= 0.3 is 6.18 Å². The third-order valence-corrected chi connectivity index (χ3v) is 4.65. The maximum atomic E-state index is 13.2. The molecule has 0 spiro atoms. The molecule has 1 aromatic carbocycles. The van der Waals surface area contributed by atoms with Crippen molar-refractivity contribution < 1.29 is 18.0 Å². The molecule has 6 nitrogen and oxygen atoms in total. The smallest absolute Gasteiger partial charge is 0.351 e. The predicted octanol–water partition coefficient (Wildman–Crippen LogP) is 4.05. The van der Waals surface area contributed by atoms with Crippen LogP contribution in [0.1, 0.15) is 21.6 Å². The first-order valence-electron chi connectivity index (χ1n) is 9.50. The van der Waals surface area contributed by atoms with Crippen molar-refractivity contribution in [2.75, 3.05) is 6.54 Å². The number of carbonyl (C=O) groups is 1. The normalized spacial score (nSPS) is 11.5. The van der Waals surface area contributed by atoms with E-state index in [4.69, 9.17) is 0 Å². The first-order valence-corrected chi connectivity index (χ1v) is 9.50. The van der Waals surface area contributed by atoms with E-state index < -0.39 is 11.7 Å². The minimum atomic E-state index is -4.48. The number of hydrogen-bond acceptors (Lipinski definition) is 3. The zero-order valence-electron chi connectivity index (χ0n) is 16.3. The molecule has 9 heteroatoms. The first-order chi connectivity index (χ1) is 14.9. The molecule has 31 heavy (non-hydrogen) atoms. The molecule has 1 amide bonds. The molecule has 4 rings (SSSR count). The predicted molar refractivity (Wildman–Crippen MR) is 108 cm³/mol. The maximum absolute atomic E-state index is 13.2. The van der Waals surface area contributed by atoms with Crippen molar-refractivity contribution in [1.82, 2.24) is 24.6 Å². The van der Waals surface area contributed by atoms with Gasteiger partial charge in [-0.05, 0) is 42.5 Å². The van der Waals surface area contributed by atoms with Gasteiger partial charge in [0.2, 0.25) is 0 Å². The zero-order valence-corrected chi connectivity index (χ0v) is 16.3. The molecule has 1 N–H and O–H groups in total. The Kier molecular flexibility index (Phi) is 5.57. The van der Waals surface area contributed by atoms with Gasteiger partial charge in [-0.15, -0.1) is 0 Å². The van der Waals surface area contributed by atoms with Gasteiger partial charge in [-0.3, -0.25) is 9.78 Å². The van der Waals surface area contributed by atoms with E-state index in [1.165, 1.54) is 23.0 Å². The molecule has 158 valence electrons. The van der Waals surface area contributed by atoms with Crippen LogP contribution in [0, 0.1) is 0 Å². The molecule has 0 aliphatic rings. The van der Waals surface area contributed by atoms with Gasteiger partial charge in [-0.2, -0.15) is 18.3 Å². The number of aromatic nitrogens is 4. The summed E-state index contributed by atoms with van der Waals surface area (Å²) in [7, 11) is 0. The lowest BCUT2D eigenvalue weighted by Gasteiger charge is -2.13. The van der Waals surface area contributed by atoms with Crippen molar-refractivity contribution in [2.45, 2.75) is 12.6 Å². The Bertz CT molecular complexity index is 1170. The van der Waals surface area contributed by atoms with E-state index in [9.17, 15) is 18.0 Å². The van der Waals surface area contributed by atoms with Crippen LogP contribution < -0.4 is 5.32 Å². The van der Waals surface area contributed by atoms with E-state index in [2.05, 4.69) is 15.4 Å². The quantitative estimate of drug-likeness (QED) is 0.507. The van der Waals surface area contributed by atoms with Gasteiger partial charge in [0.25, 0.3) is 5.91 Å². The van der Waals surface area contributed by atoms with Crippen LogP contribution in [-0.4, -0.2) is 31.8 Å². The number of rotatable bonds is 6. The van der Waals surface area contributed by atoms with E-state index in [0.717, 1.165) is 17.8 Å². The Morgan fingerprint density at radius 2 is 1.84 bits per heavy atom. The molecule has 0 bridgehead atoms. The summed E-state index contributed by atoms with van der Waals surface area (Å²) in [5, 5.41) is 7.03. The zero-order chi connectivity index (χ0) is 21.8. The van der Waals surface area contributed by atoms with Gasteiger partial charge in [0.1, 0.15) is 5.56 Å². The average molecular weight is 425 g/mol. The van der Waals surface area contributed by atoms with E-state index >= 15 is 0 Å². The van der Waals surface area contributed by atoms with Gasteiger partial charge in [0.05, 0.1) is 17.4 Å². The first kappa shape index (κ1) is 20.4. The van der Waals surface area contributed by atoms with Crippen LogP contribution in [0.4, 0.5) is 13.2 Å². The fourth-order valence-corrected chi connectivity index (χ4v) is 3.17. The highest BCUT2D eigenvalue weighted by molar-refractivity contribution is 5.97. The molecular weight excluding hydrogens is 407 g/mol.